The summed E-state index contributed by atoms with van der Waals surface area (Å²) >= 11 is 12.6. The van der Waals surface area contributed by atoms with Crippen molar-refractivity contribution >= 4 is 46.5 Å². The zero-order valence-corrected chi connectivity index (χ0v) is 25.0. The lowest BCUT2D eigenvalue weighted by Crippen LogP contribution is -2.46. The molecule has 2 aromatic carbocycles. The molecule has 224 valence electrons. The molecule has 0 aliphatic carbocycles. The monoisotopic (exact) mass is 605 g/mol. The Bertz CT molecular complexity index is 1180. The number of hydrogen-bond donors (Lipinski definition) is 2. The number of benzene rings is 2. The number of halogens is 2. The molecule has 1 amide bonds. The number of anilines is 2. The van der Waals surface area contributed by atoms with E-state index in [9.17, 15) is 9.59 Å². The molecule has 1 atom stereocenters. The highest BCUT2D eigenvalue weighted by Crippen LogP contribution is 2.33. The van der Waals surface area contributed by atoms with Crippen LogP contribution in [0.4, 0.5) is 11.4 Å². The van der Waals surface area contributed by atoms with Gasteiger partial charge in [-0.2, -0.15) is 0 Å². The molecule has 4 N–H and O–H groups in total. The van der Waals surface area contributed by atoms with Crippen LogP contribution in [0.15, 0.2) is 36.4 Å². The highest BCUT2D eigenvalue weighted by Gasteiger charge is 2.27. The predicted molar refractivity (Wildman–Crippen MR) is 164 cm³/mol. The van der Waals surface area contributed by atoms with Gasteiger partial charge < -0.3 is 25.8 Å². The van der Waals surface area contributed by atoms with Gasteiger partial charge in [-0.15, -0.1) is 0 Å². The van der Waals surface area contributed by atoms with Crippen LogP contribution in [0.2, 0.25) is 10.0 Å². The van der Waals surface area contributed by atoms with Gasteiger partial charge in [-0.3, -0.25) is 19.4 Å². The van der Waals surface area contributed by atoms with E-state index >= 15 is 0 Å². The summed E-state index contributed by atoms with van der Waals surface area (Å²) < 4.78 is 11.4. The second-order valence-corrected chi connectivity index (χ2v) is 11.3. The van der Waals surface area contributed by atoms with Crippen LogP contribution in [0.25, 0.3) is 0 Å². The van der Waals surface area contributed by atoms with Gasteiger partial charge in [0.25, 0.3) is 0 Å². The van der Waals surface area contributed by atoms with Gasteiger partial charge in [0.05, 0.1) is 28.0 Å². The molecule has 0 spiro atoms. The van der Waals surface area contributed by atoms with Crippen LogP contribution in [-0.2, 0) is 20.7 Å². The van der Waals surface area contributed by atoms with Crippen molar-refractivity contribution in [3.63, 3.8) is 0 Å². The topological polar surface area (TPSA) is 114 Å². The zero-order chi connectivity index (χ0) is 29.2. The van der Waals surface area contributed by atoms with E-state index in [1.165, 1.54) is 4.90 Å². The fourth-order valence-electron chi connectivity index (χ4n) is 5.19. The Kier molecular flexibility index (Phi) is 11.9. The Morgan fingerprint density at radius 1 is 0.976 bits per heavy atom. The Hall–Kier alpha value is -2.56. The lowest BCUT2D eigenvalue weighted by atomic mass is 10.0. The van der Waals surface area contributed by atoms with Crippen molar-refractivity contribution in [3.8, 4) is 5.75 Å². The molecule has 0 aromatic heterocycles. The fraction of sp³-hybridized carbons (Fsp3) is 0.533. The van der Waals surface area contributed by atoms with Crippen LogP contribution >= 0.6 is 23.2 Å². The number of amides is 1. The van der Waals surface area contributed by atoms with Crippen molar-refractivity contribution < 1.29 is 19.1 Å². The maximum atomic E-state index is 12.7. The Morgan fingerprint density at radius 2 is 1.78 bits per heavy atom. The van der Waals surface area contributed by atoms with E-state index in [-0.39, 0.29) is 12.6 Å². The molecule has 0 saturated carbocycles. The summed E-state index contributed by atoms with van der Waals surface area (Å²) in [5, 5.41) is 1.21. The molecule has 41 heavy (non-hydrogen) atoms. The molecule has 1 fully saturated rings. The van der Waals surface area contributed by atoms with E-state index in [0.29, 0.717) is 48.2 Å². The number of esters is 1. The largest absolute Gasteiger partial charge is 0.494 e. The number of rotatable bonds is 14. The first-order valence-electron chi connectivity index (χ1n) is 14.5. The van der Waals surface area contributed by atoms with Crippen LogP contribution in [0.5, 0.6) is 5.75 Å². The summed E-state index contributed by atoms with van der Waals surface area (Å²) in [5.74, 6) is 0.0983. The van der Waals surface area contributed by atoms with Gasteiger partial charge in [0.15, 0.2) is 6.73 Å². The number of hydrogen-bond acceptors (Lipinski definition) is 8. The van der Waals surface area contributed by atoms with E-state index in [1.54, 1.807) is 0 Å². The predicted octanol–water partition coefficient (Wildman–Crippen LogP) is 4.21. The molecule has 2 aliphatic heterocycles. The number of carbonyl (C=O) groups excluding carboxylic acids is 2. The Morgan fingerprint density at radius 3 is 2.56 bits per heavy atom. The summed E-state index contributed by atoms with van der Waals surface area (Å²) in [5.41, 5.74) is 14.2. The number of fused-ring (bicyclic) bond motifs is 1. The molecule has 9 nitrogen and oxygen atoms in total. The van der Waals surface area contributed by atoms with E-state index < -0.39 is 12.0 Å². The third-order valence-corrected chi connectivity index (χ3v) is 8.46. The van der Waals surface area contributed by atoms with Gasteiger partial charge in [-0.25, -0.2) is 0 Å². The van der Waals surface area contributed by atoms with Gasteiger partial charge >= 0.3 is 5.97 Å². The maximum absolute atomic E-state index is 12.7. The van der Waals surface area contributed by atoms with Gasteiger partial charge in [0.1, 0.15) is 11.8 Å². The van der Waals surface area contributed by atoms with E-state index in [0.717, 1.165) is 75.3 Å². The van der Waals surface area contributed by atoms with E-state index in [4.69, 9.17) is 44.1 Å². The van der Waals surface area contributed by atoms with Gasteiger partial charge in [-0.05, 0) is 69.0 Å². The molecule has 4 rings (SSSR count). The first-order chi connectivity index (χ1) is 19.9. The molecule has 1 unspecified atom stereocenters. The van der Waals surface area contributed by atoms with Crippen LogP contribution in [0.3, 0.4) is 0 Å². The van der Waals surface area contributed by atoms with Crippen molar-refractivity contribution in [1.82, 2.24) is 4.90 Å². The van der Waals surface area contributed by atoms with E-state index in [2.05, 4.69) is 9.80 Å². The molecule has 0 radical (unpaired) electrons. The highest BCUT2D eigenvalue weighted by molar-refractivity contribution is 6.43. The molecular formula is C30H41Cl2N5O4. The minimum absolute atomic E-state index is 0.0862. The quantitative estimate of drug-likeness (QED) is 0.243. The molecule has 2 aliphatic rings. The van der Waals surface area contributed by atoms with Crippen LogP contribution in [0, 0.1) is 0 Å². The van der Waals surface area contributed by atoms with Crippen molar-refractivity contribution in [2.45, 2.75) is 51.0 Å². The smallest absolute Gasteiger partial charge is 0.324 e. The number of ether oxygens (including phenoxy) is 2. The summed E-state index contributed by atoms with van der Waals surface area (Å²) in [6, 6.07) is 10.8. The Balaban J connectivity index is 1.19. The molecule has 1 saturated heterocycles. The SMILES string of the molecule is NCCCCC(N)C(=O)OCN1C(=O)CCc2ccc(OCCCCN3CCN(c4cccc(Cl)c4Cl)CC3)cc21. The lowest BCUT2D eigenvalue weighted by Gasteiger charge is -2.36. The van der Waals surface area contributed by atoms with Crippen molar-refractivity contribution in [3.05, 3.63) is 52.0 Å². The first-order valence-corrected chi connectivity index (χ1v) is 15.2. The number of piperazine rings is 1. The van der Waals surface area contributed by atoms with Crippen molar-refractivity contribution in [2.24, 2.45) is 11.5 Å². The van der Waals surface area contributed by atoms with Crippen LogP contribution in [-0.4, -0.2) is 75.4 Å². The molecule has 11 heteroatoms. The molecule has 0 bridgehead atoms. The van der Waals surface area contributed by atoms with Crippen LogP contribution in [0.1, 0.15) is 44.1 Å². The number of nitrogens with zero attached hydrogens (tertiary/aromatic N) is 3. The van der Waals surface area contributed by atoms with Gasteiger partial charge in [0, 0.05) is 38.7 Å². The van der Waals surface area contributed by atoms with Crippen molar-refractivity contribution in [2.75, 3.05) is 62.4 Å². The summed E-state index contributed by atoms with van der Waals surface area (Å²) in [4.78, 5) is 31.3. The summed E-state index contributed by atoms with van der Waals surface area (Å²) in [6.07, 6.45) is 5.03. The molecular weight excluding hydrogens is 565 g/mol. The van der Waals surface area contributed by atoms with Crippen molar-refractivity contribution in [1.29, 1.82) is 0 Å². The average Bonchev–Trinajstić information content (AvgIpc) is 2.98. The van der Waals surface area contributed by atoms with Crippen LogP contribution < -0.4 is 26.0 Å². The van der Waals surface area contributed by atoms with Gasteiger partial charge in [0.2, 0.25) is 5.91 Å². The number of unbranched alkanes of at least 4 members (excludes halogenated alkanes) is 2. The zero-order valence-electron chi connectivity index (χ0n) is 23.5. The second kappa shape index (κ2) is 15.6. The highest BCUT2D eigenvalue weighted by atomic mass is 35.5. The van der Waals surface area contributed by atoms with Gasteiger partial charge in [-0.1, -0.05) is 41.8 Å². The third-order valence-electron chi connectivity index (χ3n) is 7.65. The first kappa shape index (κ1) is 31.4. The molecule has 2 heterocycles. The van der Waals surface area contributed by atoms with E-state index in [1.807, 2.05) is 36.4 Å². The minimum atomic E-state index is -0.721. The number of aryl methyl sites for hydroxylation is 1. The third kappa shape index (κ3) is 8.72. The normalized spacial score (nSPS) is 16.4. The number of nitrogens with two attached hydrogens (primary N) is 2. The average molecular weight is 607 g/mol. The summed E-state index contributed by atoms with van der Waals surface area (Å²) in [7, 11) is 0. The summed E-state index contributed by atoms with van der Waals surface area (Å²) in [6.45, 7) is 5.76. The maximum Gasteiger partial charge on any atom is 0.324 e. The Labute approximate surface area is 252 Å². The second-order valence-electron chi connectivity index (χ2n) is 10.6. The molecule has 2 aromatic rings. The minimum Gasteiger partial charge on any atom is -0.494 e. The lowest BCUT2D eigenvalue weighted by molar-refractivity contribution is -0.145. The number of carbonyl (C=O) groups is 2. The standard InChI is InChI=1S/C30H41Cl2N5O4/c31-24-6-5-8-26(29(24)32)36-17-15-35(16-18-36)14-3-4-19-40-23-11-9-22-10-12-28(38)37(27(22)20-23)21-41-30(39)25(34)7-1-2-13-33/h5-6,8-9,11,20,25H,1-4,7,10,12-19,21,33-34H2. The fourth-order valence-corrected chi connectivity index (χ4v) is 5.60.